The summed E-state index contributed by atoms with van der Waals surface area (Å²) in [5.74, 6) is -2.95. The number of carbonyl (C=O) groups excluding carboxylic acids is 1. The van der Waals surface area contributed by atoms with Gasteiger partial charge in [0.25, 0.3) is 5.91 Å². The number of rotatable bonds is 3. The number of amides is 1. The second-order valence-electron chi connectivity index (χ2n) is 6.75. The van der Waals surface area contributed by atoms with Gasteiger partial charge in [-0.3, -0.25) is 4.79 Å². The standard InChI is InChI=1S/C20H17F3N2O3/c21-14-8-16(23)15(22)7-13(14)12-3-1-10(5-17(12)24)20(26)25-11-2-4-18-19(6-11)28-9-27-18/h1-2,4,6-8,12,17H,3,5,9,24H2,(H,25,26). The molecule has 4 rings (SSSR count). The Bertz CT molecular complexity index is 977. The van der Waals surface area contributed by atoms with E-state index >= 15 is 0 Å². The number of benzene rings is 2. The summed E-state index contributed by atoms with van der Waals surface area (Å²) in [5, 5.41) is 2.76. The smallest absolute Gasteiger partial charge is 0.251 e. The number of halogens is 3. The molecule has 0 saturated carbocycles. The van der Waals surface area contributed by atoms with Crippen molar-refractivity contribution in [1.29, 1.82) is 0 Å². The van der Waals surface area contributed by atoms with Crippen molar-refractivity contribution in [2.45, 2.75) is 24.8 Å². The fraction of sp³-hybridized carbons (Fsp3) is 0.250. The van der Waals surface area contributed by atoms with E-state index in [1.807, 2.05) is 0 Å². The molecule has 1 aliphatic heterocycles. The van der Waals surface area contributed by atoms with Crippen LogP contribution in [0.15, 0.2) is 42.0 Å². The van der Waals surface area contributed by atoms with Crippen molar-refractivity contribution in [1.82, 2.24) is 0 Å². The topological polar surface area (TPSA) is 73.6 Å². The molecule has 0 bridgehead atoms. The molecule has 2 aromatic rings. The van der Waals surface area contributed by atoms with Gasteiger partial charge in [-0.15, -0.1) is 0 Å². The van der Waals surface area contributed by atoms with Crippen LogP contribution in [0, 0.1) is 17.5 Å². The average Bonchev–Trinajstić information content (AvgIpc) is 3.12. The Labute approximate surface area is 158 Å². The lowest BCUT2D eigenvalue weighted by atomic mass is 9.80. The van der Waals surface area contributed by atoms with E-state index in [2.05, 4.69) is 5.32 Å². The minimum Gasteiger partial charge on any atom is -0.454 e. The number of nitrogens with two attached hydrogens (primary N) is 1. The Kier molecular flexibility index (Phi) is 4.72. The van der Waals surface area contributed by atoms with E-state index in [9.17, 15) is 18.0 Å². The molecule has 1 aliphatic carbocycles. The zero-order chi connectivity index (χ0) is 19.8. The number of allylic oxidation sites excluding steroid dienone is 1. The summed E-state index contributed by atoms with van der Waals surface area (Å²) < 4.78 is 51.2. The Balaban J connectivity index is 1.49. The lowest BCUT2D eigenvalue weighted by molar-refractivity contribution is -0.113. The molecule has 146 valence electrons. The summed E-state index contributed by atoms with van der Waals surface area (Å²) in [6.07, 6.45) is 2.07. The molecule has 28 heavy (non-hydrogen) atoms. The van der Waals surface area contributed by atoms with Crippen LogP contribution >= 0.6 is 0 Å². The maximum Gasteiger partial charge on any atom is 0.251 e. The first-order valence-electron chi connectivity index (χ1n) is 8.72. The molecule has 2 aliphatic rings. The fourth-order valence-corrected chi connectivity index (χ4v) is 3.47. The van der Waals surface area contributed by atoms with E-state index in [-0.39, 0.29) is 31.1 Å². The summed E-state index contributed by atoms with van der Waals surface area (Å²) in [6.45, 7) is 0.134. The summed E-state index contributed by atoms with van der Waals surface area (Å²) in [6, 6.07) is 5.78. The number of carbonyl (C=O) groups is 1. The predicted molar refractivity (Wildman–Crippen MR) is 95.5 cm³/mol. The number of hydrogen-bond acceptors (Lipinski definition) is 4. The van der Waals surface area contributed by atoms with E-state index in [0.29, 0.717) is 28.8 Å². The molecule has 5 nitrogen and oxygen atoms in total. The quantitative estimate of drug-likeness (QED) is 0.786. The number of hydrogen-bond donors (Lipinski definition) is 2. The van der Waals surface area contributed by atoms with Gasteiger partial charge in [-0.2, -0.15) is 0 Å². The Morgan fingerprint density at radius 1 is 1.04 bits per heavy atom. The van der Waals surface area contributed by atoms with Gasteiger partial charge < -0.3 is 20.5 Å². The van der Waals surface area contributed by atoms with Gasteiger partial charge in [-0.1, -0.05) is 6.08 Å². The first kappa shape index (κ1) is 18.4. The van der Waals surface area contributed by atoms with Crippen molar-refractivity contribution >= 4 is 11.6 Å². The van der Waals surface area contributed by atoms with Crippen LogP contribution in [0.2, 0.25) is 0 Å². The van der Waals surface area contributed by atoms with Crippen LogP contribution in [-0.4, -0.2) is 18.7 Å². The molecule has 0 fully saturated rings. The highest BCUT2D eigenvalue weighted by atomic mass is 19.2. The third-order valence-corrected chi connectivity index (χ3v) is 4.95. The van der Waals surface area contributed by atoms with Crippen LogP contribution in [-0.2, 0) is 4.79 Å². The maximum atomic E-state index is 14.1. The fourth-order valence-electron chi connectivity index (χ4n) is 3.47. The molecule has 1 heterocycles. The number of anilines is 1. The van der Waals surface area contributed by atoms with Crippen LogP contribution < -0.4 is 20.5 Å². The van der Waals surface area contributed by atoms with Crippen molar-refractivity contribution in [3.05, 3.63) is 65.0 Å². The predicted octanol–water partition coefficient (Wildman–Crippen LogP) is 3.60. The van der Waals surface area contributed by atoms with Gasteiger partial charge in [0.1, 0.15) is 5.82 Å². The van der Waals surface area contributed by atoms with Gasteiger partial charge in [0.15, 0.2) is 23.1 Å². The number of nitrogens with one attached hydrogen (secondary N) is 1. The SMILES string of the molecule is NC1CC(C(=O)Nc2ccc3c(c2)OCO3)=CCC1c1cc(F)c(F)cc1F. The van der Waals surface area contributed by atoms with E-state index < -0.39 is 29.4 Å². The minimum atomic E-state index is -1.25. The molecular weight excluding hydrogens is 373 g/mol. The van der Waals surface area contributed by atoms with Gasteiger partial charge in [-0.05, 0) is 36.6 Å². The summed E-state index contributed by atoms with van der Waals surface area (Å²) in [5.41, 5.74) is 7.12. The van der Waals surface area contributed by atoms with E-state index in [4.69, 9.17) is 15.2 Å². The van der Waals surface area contributed by atoms with Crippen LogP contribution in [0.1, 0.15) is 24.3 Å². The summed E-state index contributed by atoms with van der Waals surface area (Å²) in [7, 11) is 0. The molecule has 0 radical (unpaired) electrons. The number of fused-ring (bicyclic) bond motifs is 1. The number of ether oxygens (including phenoxy) is 2. The van der Waals surface area contributed by atoms with Gasteiger partial charge in [0.2, 0.25) is 6.79 Å². The molecule has 2 aromatic carbocycles. The summed E-state index contributed by atoms with van der Waals surface area (Å²) in [4.78, 5) is 12.5. The zero-order valence-electron chi connectivity index (χ0n) is 14.7. The first-order chi connectivity index (χ1) is 13.4. The second-order valence-corrected chi connectivity index (χ2v) is 6.75. The molecule has 0 spiro atoms. The van der Waals surface area contributed by atoms with E-state index in [0.717, 1.165) is 6.07 Å². The molecule has 0 aromatic heterocycles. The second kappa shape index (κ2) is 7.20. The van der Waals surface area contributed by atoms with Gasteiger partial charge in [0, 0.05) is 35.4 Å². The monoisotopic (exact) mass is 390 g/mol. The molecule has 3 N–H and O–H groups in total. The van der Waals surface area contributed by atoms with Crippen molar-refractivity contribution in [2.24, 2.45) is 5.73 Å². The van der Waals surface area contributed by atoms with Crippen molar-refractivity contribution in [3.8, 4) is 11.5 Å². The van der Waals surface area contributed by atoms with Gasteiger partial charge in [0.05, 0.1) is 0 Å². The largest absolute Gasteiger partial charge is 0.454 e. The summed E-state index contributed by atoms with van der Waals surface area (Å²) >= 11 is 0. The highest BCUT2D eigenvalue weighted by molar-refractivity contribution is 6.04. The highest BCUT2D eigenvalue weighted by Gasteiger charge is 2.30. The van der Waals surface area contributed by atoms with Crippen LogP contribution in [0.5, 0.6) is 11.5 Å². The first-order valence-corrected chi connectivity index (χ1v) is 8.72. The van der Waals surface area contributed by atoms with Crippen molar-refractivity contribution < 1.29 is 27.4 Å². The van der Waals surface area contributed by atoms with Crippen molar-refractivity contribution in [2.75, 3.05) is 12.1 Å². The third-order valence-electron chi connectivity index (χ3n) is 4.95. The van der Waals surface area contributed by atoms with E-state index in [1.165, 1.54) is 0 Å². The maximum absolute atomic E-state index is 14.1. The van der Waals surface area contributed by atoms with E-state index in [1.54, 1.807) is 24.3 Å². The minimum absolute atomic E-state index is 0.0119. The zero-order valence-corrected chi connectivity index (χ0v) is 14.7. The Morgan fingerprint density at radius 3 is 2.57 bits per heavy atom. The lowest BCUT2D eigenvalue weighted by Gasteiger charge is -2.29. The van der Waals surface area contributed by atoms with Gasteiger partial charge in [-0.25, -0.2) is 13.2 Å². The van der Waals surface area contributed by atoms with Crippen molar-refractivity contribution in [3.63, 3.8) is 0 Å². The molecule has 2 unspecified atom stereocenters. The van der Waals surface area contributed by atoms with Crippen LogP contribution in [0.3, 0.4) is 0 Å². The van der Waals surface area contributed by atoms with Gasteiger partial charge >= 0.3 is 0 Å². The molecule has 1 amide bonds. The molecular formula is C20H17F3N2O3. The normalized spacial score (nSPS) is 20.6. The van der Waals surface area contributed by atoms with Crippen LogP contribution in [0.4, 0.5) is 18.9 Å². The van der Waals surface area contributed by atoms with Crippen LogP contribution in [0.25, 0.3) is 0 Å². The molecule has 8 heteroatoms. The molecule has 0 saturated heterocycles. The molecule has 2 atom stereocenters. The Hall–Kier alpha value is -3.00. The lowest BCUT2D eigenvalue weighted by Crippen LogP contribution is -2.34. The third kappa shape index (κ3) is 3.43. The average molecular weight is 390 g/mol. The Morgan fingerprint density at radius 2 is 1.79 bits per heavy atom. The highest BCUT2D eigenvalue weighted by Crippen LogP contribution is 2.36.